The van der Waals surface area contributed by atoms with Crippen LogP contribution in [0.1, 0.15) is 16.8 Å². The first kappa shape index (κ1) is 14.7. The SMILES string of the molecule is NC(=O)C[C@@H](NC(=O)c1cc(Cl)sc1Cl)C(=O)O. The van der Waals surface area contributed by atoms with Crippen molar-refractivity contribution >= 4 is 52.3 Å². The van der Waals surface area contributed by atoms with Crippen LogP contribution in [0.2, 0.25) is 8.67 Å². The van der Waals surface area contributed by atoms with Crippen LogP contribution >= 0.6 is 34.5 Å². The van der Waals surface area contributed by atoms with Crippen LogP contribution in [0.25, 0.3) is 0 Å². The average Bonchev–Trinajstić information content (AvgIpc) is 2.56. The quantitative estimate of drug-likeness (QED) is 0.756. The molecule has 1 aromatic rings. The number of hydrogen-bond acceptors (Lipinski definition) is 4. The van der Waals surface area contributed by atoms with Gasteiger partial charge in [0, 0.05) is 0 Å². The van der Waals surface area contributed by atoms with E-state index >= 15 is 0 Å². The van der Waals surface area contributed by atoms with E-state index in [1.165, 1.54) is 6.07 Å². The Morgan fingerprint density at radius 1 is 1.44 bits per heavy atom. The van der Waals surface area contributed by atoms with Gasteiger partial charge in [-0.1, -0.05) is 23.2 Å². The van der Waals surface area contributed by atoms with Crippen LogP contribution in [0.15, 0.2) is 6.07 Å². The van der Waals surface area contributed by atoms with Crippen LogP contribution in [-0.2, 0) is 9.59 Å². The Hall–Kier alpha value is -1.31. The van der Waals surface area contributed by atoms with Crippen molar-refractivity contribution in [3.63, 3.8) is 0 Å². The molecule has 1 aromatic heterocycles. The van der Waals surface area contributed by atoms with Crippen molar-refractivity contribution < 1.29 is 19.5 Å². The maximum absolute atomic E-state index is 11.7. The lowest BCUT2D eigenvalue weighted by Gasteiger charge is -2.12. The maximum atomic E-state index is 11.7. The molecule has 0 radical (unpaired) electrons. The molecule has 0 aromatic carbocycles. The highest BCUT2D eigenvalue weighted by molar-refractivity contribution is 7.20. The van der Waals surface area contributed by atoms with Crippen molar-refractivity contribution in [1.82, 2.24) is 5.32 Å². The van der Waals surface area contributed by atoms with Gasteiger partial charge in [-0.3, -0.25) is 9.59 Å². The molecule has 0 saturated carbocycles. The highest BCUT2D eigenvalue weighted by Crippen LogP contribution is 2.31. The number of carbonyl (C=O) groups excluding carboxylic acids is 2. The van der Waals surface area contributed by atoms with Gasteiger partial charge >= 0.3 is 5.97 Å². The van der Waals surface area contributed by atoms with Crippen molar-refractivity contribution in [3.05, 3.63) is 20.3 Å². The summed E-state index contributed by atoms with van der Waals surface area (Å²) in [4.78, 5) is 33.2. The Bertz CT molecular complexity index is 503. The lowest BCUT2D eigenvalue weighted by molar-refractivity contribution is -0.140. The van der Waals surface area contributed by atoms with Crippen LogP contribution < -0.4 is 11.1 Å². The molecule has 0 aliphatic heterocycles. The minimum Gasteiger partial charge on any atom is -0.480 e. The van der Waals surface area contributed by atoms with Gasteiger partial charge < -0.3 is 16.2 Å². The van der Waals surface area contributed by atoms with E-state index in [1.54, 1.807) is 0 Å². The molecule has 18 heavy (non-hydrogen) atoms. The van der Waals surface area contributed by atoms with Gasteiger partial charge in [-0.2, -0.15) is 0 Å². The Morgan fingerprint density at radius 3 is 2.44 bits per heavy atom. The van der Waals surface area contributed by atoms with Gasteiger partial charge in [-0.05, 0) is 6.07 Å². The molecule has 1 atom stereocenters. The van der Waals surface area contributed by atoms with E-state index < -0.39 is 30.2 Å². The van der Waals surface area contributed by atoms with Gasteiger partial charge in [0.1, 0.15) is 10.4 Å². The van der Waals surface area contributed by atoms with E-state index in [0.717, 1.165) is 11.3 Å². The van der Waals surface area contributed by atoms with Gasteiger partial charge in [0.25, 0.3) is 5.91 Å². The molecular formula is C9H8Cl2N2O4S. The zero-order valence-corrected chi connectivity index (χ0v) is 11.1. The fourth-order valence-electron chi connectivity index (χ4n) is 1.13. The summed E-state index contributed by atoms with van der Waals surface area (Å²) in [5, 5.41) is 11.0. The summed E-state index contributed by atoms with van der Waals surface area (Å²) >= 11 is 12.4. The zero-order valence-electron chi connectivity index (χ0n) is 8.78. The predicted octanol–water partition coefficient (Wildman–Crippen LogP) is 1.11. The second-order valence-corrected chi connectivity index (χ2v) is 5.56. The number of carbonyl (C=O) groups is 3. The molecule has 0 saturated heterocycles. The number of nitrogens with one attached hydrogen (secondary N) is 1. The lowest BCUT2D eigenvalue weighted by atomic mass is 10.2. The summed E-state index contributed by atoms with van der Waals surface area (Å²) < 4.78 is 0.438. The molecule has 9 heteroatoms. The van der Waals surface area contributed by atoms with Crippen LogP contribution in [0.5, 0.6) is 0 Å². The molecule has 98 valence electrons. The van der Waals surface area contributed by atoms with E-state index in [9.17, 15) is 14.4 Å². The molecule has 6 nitrogen and oxygen atoms in total. The minimum absolute atomic E-state index is 0.0578. The Labute approximate surface area is 116 Å². The number of amides is 2. The third-order valence-corrected chi connectivity index (χ3v) is 3.40. The van der Waals surface area contributed by atoms with E-state index in [0.29, 0.717) is 4.34 Å². The maximum Gasteiger partial charge on any atom is 0.326 e. The molecule has 1 heterocycles. The topological polar surface area (TPSA) is 109 Å². The highest BCUT2D eigenvalue weighted by Gasteiger charge is 2.24. The number of nitrogens with two attached hydrogens (primary N) is 1. The monoisotopic (exact) mass is 310 g/mol. The first-order valence-electron chi connectivity index (χ1n) is 4.58. The second-order valence-electron chi connectivity index (χ2n) is 3.27. The van der Waals surface area contributed by atoms with Crippen molar-refractivity contribution in [3.8, 4) is 0 Å². The summed E-state index contributed by atoms with van der Waals surface area (Å²) in [6.07, 6.45) is -0.503. The number of hydrogen-bond donors (Lipinski definition) is 3. The molecule has 0 fully saturated rings. The first-order chi connectivity index (χ1) is 8.31. The van der Waals surface area contributed by atoms with E-state index in [1.807, 2.05) is 0 Å². The number of rotatable bonds is 5. The van der Waals surface area contributed by atoms with Crippen molar-refractivity contribution in [1.29, 1.82) is 0 Å². The van der Waals surface area contributed by atoms with Gasteiger partial charge in [-0.15, -0.1) is 11.3 Å². The summed E-state index contributed by atoms with van der Waals surface area (Å²) in [5.74, 6) is -2.92. The summed E-state index contributed by atoms with van der Waals surface area (Å²) in [7, 11) is 0. The summed E-state index contributed by atoms with van der Waals surface area (Å²) in [6.45, 7) is 0. The standard InChI is InChI=1S/C9H8Cl2N2O4S/c10-5-1-3(7(11)18-5)8(15)13-4(9(16)17)2-6(12)14/h1,4H,2H2,(H2,12,14)(H,13,15)(H,16,17)/t4-/m1/s1. The van der Waals surface area contributed by atoms with Crippen molar-refractivity contribution in [2.24, 2.45) is 5.73 Å². The van der Waals surface area contributed by atoms with Crippen LogP contribution in [0, 0.1) is 0 Å². The number of primary amides is 1. The molecule has 0 spiro atoms. The summed E-state index contributed by atoms with van der Waals surface area (Å²) in [5.41, 5.74) is 4.94. The molecule has 0 unspecified atom stereocenters. The largest absolute Gasteiger partial charge is 0.480 e. The first-order valence-corrected chi connectivity index (χ1v) is 6.15. The normalized spacial score (nSPS) is 11.9. The van der Waals surface area contributed by atoms with Crippen LogP contribution in [0.3, 0.4) is 0 Å². The van der Waals surface area contributed by atoms with Crippen LogP contribution in [0.4, 0.5) is 0 Å². The fraction of sp³-hybridized carbons (Fsp3) is 0.222. The Kier molecular flexibility index (Phi) is 4.94. The smallest absolute Gasteiger partial charge is 0.326 e. The fourth-order valence-corrected chi connectivity index (χ4v) is 2.59. The number of thiophene rings is 1. The van der Waals surface area contributed by atoms with Crippen LogP contribution in [-0.4, -0.2) is 28.9 Å². The van der Waals surface area contributed by atoms with Gasteiger partial charge in [0.2, 0.25) is 5.91 Å². The number of aliphatic carboxylic acids is 1. The van der Waals surface area contributed by atoms with Crippen molar-refractivity contribution in [2.45, 2.75) is 12.5 Å². The highest BCUT2D eigenvalue weighted by atomic mass is 35.5. The minimum atomic E-state index is -1.40. The molecule has 2 amide bonds. The number of halogens is 2. The third-order valence-electron chi connectivity index (χ3n) is 1.91. The zero-order chi connectivity index (χ0) is 13.9. The lowest BCUT2D eigenvalue weighted by Crippen LogP contribution is -2.43. The molecule has 1 rings (SSSR count). The van der Waals surface area contributed by atoms with E-state index in [-0.39, 0.29) is 9.90 Å². The molecular weight excluding hydrogens is 303 g/mol. The molecule has 0 aliphatic rings. The van der Waals surface area contributed by atoms with Gasteiger partial charge in [0.05, 0.1) is 16.3 Å². The Morgan fingerprint density at radius 2 is 2.06 bits per heavy atom. The molecule has 4 N–H and O–H groups in total. The predicted molar refractivity (Wildman–Crippen MR) is 67.0 cm³/mol. The van der Waals surface area contributed by atoms with Gasteiger partial charge in [0.15, 0.2) is 0 Å². The summed E-state index contributed by atoms with van der Waals surface area (Å²) in [6, 6.07) is -0.0858. The molecule has 0 bridgehead atoms. The number of carboxylic acid groups (broad SMARTS) is 1. The third kappa shape index (κ3) is 3.86. The average molecular weight is 311 g/mol. The van der Waals surface area contributed by atoms with E-state index in [2.05, 4.69) is 5.32 Å². The molecule has 0 aliphatic carbocycles. The van der Waals surface area contributed by atoms with Gasteiger partial charge in [-0.25, -0.2) is 4.79 Å². The second kappa shape index (κ2) is 6.03. The van der Waals surface area contributed by atoms with Crippen molar-refractivity contribution in [2.75, 3.05) is 0 Å². The Balaban J connectivity index is 2.81. The van der Waals surface area contributed by atoms with E-state index in [4.69, 9.17) is 34.0 Å². The number of carboxylic acids is 1.